The summed E-state index contributed by atoms with van der Waals surface area (Å²) >= 11 is 5.68. The van der Waals surface area contributed by atoms with Crippen molar-refractivity contribution in [2.24, 2.45) is 5.10 Å². The molecule has 1 amide bonds. The highest BCUT2D eigenvalue weighted by atomic mass is 35.5. The van der Waals surface area contributed by atoms with Gasteiger partial charge in [-0.2, -0.15) is 5.10 Å². The standard InChI is InChI=1S/C15H11ClFN3O4/c16-11-6-5-10(7-13(11)20(22)23)8-18-19-15(21)9-24-14-4-2-1-3-12(14)17/h1-8H,9H2,(H,19,21)/b18-8-. The summed E-state index contributed by atoms with van der Waals surface area (Å²) in [7, 11) is 0. The summed E-state index contributed by atoms with van der Waals surface area (Å²) in [5.74, 6) is -1.25. The fourth-order valence-corrected chi connectivity index (χ4v) is 1.85. The van der Waals surface area contributed by atoms with Crippen LogP contribution in [0.2, 0.25) is 5.02 Å². The first-order valence-corrected chi connectivity index (χ1v) is 6.98. The first kappa shape index (κ1) is 17.4. The molecule has 0 heterocycles. The maximum absolute atomic E-state index is 13.3. The lowest BCUT2D eigenvalue weighted by molar-refractivity contribution is -0.384. The predicted molar refractivity (Wildman–Crippen MR) is 85.7 cm³/mol. The van der Waals surface area contributed by atoms with Crippen LogP contribution in [0.4, 0.5) is 10.1 Å². The SMILES string of the molecule is O=C(COc1ccccc1F)N/N=C\c1ccc(Cl)c([N+](=O)[O-])c1. The summed E-state index contributed by atoms with van der Waals surface area (Å²) in [6.45, 7) is -0.432. The summed E-state index contributed by atoms with van der Waals surface area (Å²) in [6.07, 6.45) is 1.21. The van der Waals surface area contributed by atoms with Crippen molar-refractivity contribution in [2.75, 3.05) is 6.61 Å². The van der Waals surface area contributed by atoms with Crippen LogP contribution in [0.1, 0.15) is 5.56 Å². The van der Waals surface area contributed by atoms with E-state index < -0.39 is 23.3 Å². The Labute approximate surface area is 140 Å². The van der Waals surface area contributed by atoms with Gasteiger partial charge in [-0.3, -0.25) is 14.9 Å². The van der Waals surface area contributed by atoms with Crippen LogP contribution in [-0.2, 0) is 4.79 Å². The Hall–Kier alpha value is -3.00. The lowest BCUT2D eigenvalue weighted by Crippen LogP contribution is -2.24. The molecule has 2 aromatic rings. The van der Waals surface area contributed by atoms with Gasteiger partial charge in [0, 0.05) is 11.6 Å². The quantitative estimate of drug-likeness (QED) is 0.492. The molecule has 0 saturated heterocycles. The number of benzene rings is 2. The van der Waals surface area contributed by atoms with Gasteiger partial charge in [-0.25, -0.2) is 9.82 Å². The minimum Gasteiger partial charge on any atom is -0.481 e. The third-order valence-corrected chi connectivity index (χ3v) is 3.08. The molecule has 0 saturated carbocycles. The van der Waals surface area contributed by atoms with E-state index in [0.29, 0.717) is 5.56 Å². The number of halogens is 2. The van der Waals surface area contributed by atoms with Crippen LogP contribution in [0.25, 0.3) is 0 Å². The van der Waals surface area contributed by atoms with Gasteiger partial charge in [-0.1, -0.05) is 29.8 Å². The second-order valence-electron chi connectivity index (χ2n) is 4.48. The Morgan fingerprint density at radius 3 is 2.83 bits per heavy atom. The van der Waals surface area contributed by atoms with Crippen molar-refractivity contribution in [3.63, 3.8) is 0 Å². The number of carbonyl (C=O) groups excluding carboxylic acids is 1. The monoisotopic (exact) mass is 351 g/mol. The third-order valence-electron chi connectivity index (χ3n) is 2.77. The zero-order valence-corrected chi connectivity index (χ0v) is 12.9. The number of nitro groups is 1. The van der Waals surface area contributed by atoms with E-state index in [1.165, 1.54) is 42.6 Å². The van der Waals surface area contributed by atoms with Crippen molar-refractivity contribution in [3.8, 4) is 5.75 Å². The van der Waals surface area contributed by atoms with Crippen LogP contribution in [0, 0.1) is 15.9 Å². The van der Waals surface area contributed by atoms with Crippen molar-refractivity contribution in [3.05, 3.63) is 69.0 Å². The van der Waals surface area contributed by atoms with Gasteiger partial charge in [-0.05, 0) is 18.2 Å². The number of ether oxygens (including phenoxy) is 1. The topological polar surface area (TPSA) is 93.8 Å². The zero-order valence-electron chi connectivity index (χ0n) is 12.1. The van der Waals surface area contributed by atoms with Gasteiger partial charge < -0.3 is 4.74 Å². The van der Waals surface area contributed by atoms with Crippen LogP contribution < -0.4 is 10.2 Å². The summed E-state index contributed by atoms with van der Waals surface area (Å²) in [5, 5.41) is 14.4. The number of hydrogen-bond donors (Lipinski definition) is 1. The molecule has 1 N–H and O–H groups in total. The number of nitrogens with zero attached hydrogens (tertiary/aromatic N) is 2. The van der Waals surface area contributed by atoms with Gasteiger partial charge in [0.15, 0.2) is 18.2 Å². The largest absolute Gasteiger partial charge is 0.481 e. The van der Waals surface area contributed by atoms with Gasteiger partial charge in [0.1, 0.15) is 5.02 Å². The Bertz CT molecular complexity index is 798. The zero-order chi connectivity index (χ0) is 17.5. The first-order chi connectivity index (χ1) is 11.5. The van der Waals surface area contributed by atoms with E-state index in [0.717, 1.165) is 0 Å². The number of nitro benzene ring substituents is 1. The lowest BCUT2D eigenvalue weighted by Gasteiger charge is -2.05. The van der Waals surface area contributed by atoms with Gasteiger partial charge >= 0.3 is 0 Å². The van der Waals surface area contributed by atoms with Crippen molar-refractivity contribution in [2.45, 2.75) is 0 Å². The molecule has 0 aliphatic carbocycles. The van der Waals surface area contributed by atoms with E-state index in [1.807, 2.05) is 0 Å². The summed E-state index contributed by atoms with van der Waals surface area (Å²) in [5.41, 5.74) is 2.27. The van der Waals surface area contributed by atoms with Crippen molar-refractivity contribution in [1.82, 2.24) is 5.43 Å². The fraction of sp³-hybridized carbons (Fsp3) is 0.0667. The van der Waals surface area contributed by atoms with E-state index in [1.54, 1.807) is 6.07 Å². The molecule has 0 spiro atoms. The Kier molecular flexibility index (Phi) is 5.80. The highest BCUT2D eigenvalue weighted by Gasteiger charge is 2.12. The molecule has 0 bridgehead atoms. The van der Waals surface area contributed by atoms with Gasteiger partial charge in [0.2, 0.25) is 0 Å². The second kappa shape index (κ2) is 8.02. The Morgan fingerprint density at radius 2 is 2.12 bits per heavy atom. The van der Waals surface area contributed by atoms with Crippen LogP contribution in [0.15, 0.2) is 47.6 Å². The maximum atomic E-state index is 13.3. The third kappa shape index (κ3) is 4.75. The normalized spacial score (nSPS) is 10.6. The molecule has 0 aromatic heterocycles. The Morgan fingerprint density at radius 1 is 1.38 bits per heavy atom. The molecule has 2 rings (SSSR count). The van der Waals surface area contributed by atoms with E-state index in [9.17, 15) is 19.3 Å². The van der Waals surface area contributed by atoms with E-state index in [2.05, 4.69) is 10.5 Å². The van der Waals surface area contributed by atoms with Gasteiger partial charge in [0.25, 0.3) is 11.6 Å². The van der Waals surface area contributed by atoms with Crippen LogP contribution >= 0.6 is 11.6 Å². The molecule has 0 fully saturated rings. The van der Waals surface area contributed by atoms with Crippen molar-refractivity contribution < 1.29 is 18.8 Å². The predicted octanol–water partition coefficient (Wildman–Crippen LogP) is 2.92. The van der Waals surface area contributed by atoms with Crippen molar-refractivity contribution in [1.29, 1.82) is 0 Å². The Balaban J connectivity index is 1.90. The number of hydrogen-bond acceptors (Lipinski definition) is 5. The van der Waals surface area contributed by atoms with E-state index in [-0.39, 0.29) is 16.5 Å². The van der Waals surface area contributed by atoms with E-state index in [4.69, 9.17) is 16.3 Å². The number of carbonyl (C=O) groups is 1. The molecular weight excluding hydrogens is 341 g/mol. The summed E-state index contributed by atoms with van der Waals surface area (Å²) in [6, 6.07) is 9.73. The molecule has 0 atom stereocenters. The average Bonchev–Trinajstić information content (AvgIpc) is 2.55. The highest BCUT2D eigenvalue weighted by Crippen LogP contribution is 2.24. The molecule has 124 valence electrons. The molecule has 0 unspecified atom stereocenters. The molecule has 0 aliphatic heterocycles. The van der Waals surface area contributed by atoms with Crippen LogP contribution in [0.5, 0.6) is 5.75 Å². The van der Waals surface area contributed by atoms with Crippen LogP contribution in [0.3, 0.4) is 0 Å². The van der Waals surface area contributed by atoms with Crippen LogP contribution in [-0.4, -0.2) is 23.7 Å². The lowest BCUT2D eigenvalue weighted by atomic mass is 10.2. The molecule has 2 aromatic carbocycles. The maximum Gasteiger partial charge on any atom is 0.288 e. The van der Waals surface area contributed by atoms with Gasteiger partial charge in [-0.15, -0.1) is 0 Å². The second-order valence-corrected chi connectivity index (χ2v) is 4.89. The highest BCUT2D eigenvalue weighted by molar-refractivity contribution is 6.32. The smallest absolute Gasteiger partial charge is 0.288 e. The van der Waals surface area contributed by atoms with Crippen molar-refractivity contribution >= 4 is 29.4 Å². The number of amides is 1. The molecule has 9 heteroatoms. The first-order valence-electron chi connectivity index (χ1n) is 6.60. The minimum absolute atomic E-state index is 0.000488. The van der Waals surface area contributed by atoms with E-state index >= 15 is 0 Å². The minimum atomic E-state index is -0.625. The molecule has 7 nitrogen and oxygen atoms in total. The van der Waals surface area contributed by atoms with Gasteiger partial charge in [0.05, 0.1) is 11.1 Å². The molecule has 0 aliphatic rings. The summed E-state index contributed by atoms with van der Waals surface area (Å²) < 4.78 is 18.3. The number of hydrazone groups is 1. The number of para-hydroxylation sites is 1. The number of nitrogens with one attached hydrogen (secondary N) is 1. The fourth-order valence-electron chi connectivity index (χ4n) is 1.67. The molecular formula is C15H11ClFN3O4. The molecule has 0 radical (unpaired) electrons. The summed E-state index contributed by atoms with van der Waals surface area (Å²) in [4.78, 5) is 21.7. The number of rotatable bonds is 6. The molecule has 24 heavy (non-hydrogen) atoms. The average molecular weight is 352 g/mol.